The van der Waals surface area contributed by atoms with Crippen LogP contribution in [0.3, 0.4) is 0 Å². The molecule has 1 aromatic heterocycles. The molecule has 14 nitrogen and oxygen atoms in total. The predicted molar refractivity (Wildman–Crippen MR) is 134 cm³/mol. The van der Waals surface area contributed by atoms with Crippen LogP contribution in [0, 0.1) is 0 Å². The molecule has 4 amide bonds. The van der Waals surface area contributed by atoms with Crippen molar-refractivity contribution in [2.45, 2.75) is 76.4 Å². The zero-order valence-corrected chi connectivity index (χ0v) is 22.3. The quantitative estimate of drug-likeness (QED) is 0.493. The van der Waals surface area contributed by atoms with E-state index < -0.39 is 23.6 Å². The summed E-state index contributed by atoms with van der Waals surface area (Å²) in [6.45, 7) is 6.43. The van der Waals surface area contributed by atoms with E-state index in [0.29, 0.717) is 32.4 Å². The third-order valence-corrected chi connectivity index (χ3v) is 7.00. The molecule has 0 spiro atoms. The van der Waals surface area contributed by atoms with Gasteiger partial charge in [0, 0.05) is 13.1 Å². The molecule has 2 aromatic rings. The van der Waals surface area contributed by atoms with Gasteiger partial charge in [-0.15, -0.1) is 10.2 Å². The minimum Gasteiger partial charge on any atom is -0.444 e. The molecular formula is C25H34N8O6. The summed E-state index contributed by atoms with van der Waals surface area (Å²) in [6, 6.07) is 7.91. The van der Waals surface area contributed by atoms with Crippen LogP contribution in [0.1, 0.15) is 51.6 Å². The van der Waals surface area contributed by atoms with Crippen LogP contribution in [-0.4, -0.2) is 96.5 Å². The van der Waals surface area contributed by atoms with Gasteiger partial charge in [-0.05, 0) is 50.8 Å². The van der Waals surface area contributed by atoms with Gasteiger partial charge in [0.2, 0.25) is 0 Å². The van der Waals surface area contributed by atoms with Crippen LogP contribution in [0.4, 0.5) is 9.59 Å². The van der Waals surface area contributed by atoms with Gasteiger partial charge in [0.15, 0.2) is 6.33 Å². The van der Waals surface area contributed by atoms with Gasteiger partial charge < -0.3 is 14.5 Å². The molecule has 1 aromatic carbocycles. The Morgan fingerprint density at radius 2 is 1.90 bits per heavy atom. The highest BCUT2D eigenvalue weighted by Gasteiger charge is 2.48. The van der Waals surface area contributed by atoms with Gasteiger partial charge in [-0.2, -0.15) is 9.86 Å². The standard InChI is InChI=1S/C25H34N8O6/c1-25(2,3)39-24(36)30-13-19(33-27-16-26-29-33)11-20(30)15-37-28-22(34)21-10-9-18-12-31(21)23(35)32(18)38-14-17-7-5-4-6-8-17/h4-8,16,18-21H,9-15H2,1-3H3,(H,28,34)/t18-,19+,20+,21+/m1/s1. The Hall–Kier alpha value is -3.78. The summed E-state index contributed by atoms with van der Waals surface area (Å²) in [7, 11) is 0. The molecule has 210 valence electrons. The fourth-order valence-electron chi connectivity index (χ4n) is 5.17. The molecule has 3 aliphatic heterocycles. The fourth-order valence-corrected chi connectivity index (χ4v) is 5.17. The maximum atomic E-state index is 13.0. The first-order chi connectivity index (χ1) is 18.7. The summed E-state index contributed by atoms with van der Waals surface area (Å²) in [6.07, 6.45) is 2.47. The Bertz CT molecular complexity index is 1160. The Morgan fingerprint density at radius 3 is 2.62 bits per heavy atom. The van der Waals surface area contributed by atoms with Crippen molar-refractivity contribution in [2.24, 2.45) is 0 Å². The number of amides is 4. The van der Waals surface area contributed by atoms with E-state index in [4.69, 9.17) is 14.4 Å². The van der Waals surface area contributed by atoms with Crippen molar-refractivity contribution in [3.05, 3.63) is 42.2 Å². The first kappa shape index (κ1) is 26.8. The maximum absolute atomic E-state index is 13.0. The van der Waals surface area contributed by atoms with Gasteiger partial charge in [-0.1, -0.05) is 30.3 Å². The summed E-state index contributed by atoms with van der Waals surface area (Å²) >= 11 is 0. The van der Waals surface area contributed by atoms with Crippen molar-refractivity contribution in [1.82, 2.24) is 40.6 Å². The van der Waals surface area contributed by atoms with E-state index in [1.54, 1.807) is 25.7 Å². The van der Waals surface area contributed by atoms with Gasteiger partial charge in [0.05, 0.1) is 24.7 Å². The van der Waals surface area contributed by atoms with Crippen LogP contribution in [-0.2, 0) is 25.8 Å². The van der Waals surface area contributed by atoms with Crippen molar-refractivity contribution in [3.63, 3.8) is 0 Å². The number of tetrazole rings is 1. The number of fused-ring (bicyclic) bond motifs is 2. The Balaban J connectivity index is 1.15. The fraction of sp³-hybridized carbons (Fsp3) is 0.600. The SMILES string of the molecule is CC(C)(C)OC(=O)N1C[C@@H](n2ncnn2)C[C@H]1CONC(=O)[C@@H]1CC[C@@H]2CN1C(=O)N2OCc1ccccc1. The van der Waals surface area contributed by atoms with E-state index in [1.165, 1.54) is 21.1 Å². The molecule has 0 saturated carbocycles. The molecule has 0 unspecified atom stereocenters. The third-order valence-electron chi connectivity index (χ3n) is 7.00. The van der Waals surface area contributed by atoms with E-state index in [9.17, 15) is 14.4 Å². The molecule has 0 radical (unpaired) electrons. The summed E-state index contributed by atoms with van der Waals surface area (Å²) < 4.78 is 5.56. The number of hydrogen-bond donors (Lipinski definition) is 1. The number of carbonyl (C=O) groups is 3. The summed E-state index contributed by atoms with van der Waals surface area (Å²) in [5.41, 5.74) is 2.78. The molecule has 1 N–H and O–H groups in total. The molecule has 3 fully saturated rings. The number of aromatic nitrogens is 4. The molecule has 5 rings (SSSR count). The highest BCUT2D eigenvalue weighted by Crippen LogP contribution is 2.31. The monoisotopic (exact) mass is 542 g/mol. The number of nitrogens with zero attached hydrogens (tertiary/aromatic N) is 7. The summed E-state index contributed by atoms with van der Waals surface area (Å²) in [5, 5.41) is 13.2. The number of benzene rings is 1. The van der Waals surface area contributed by atoms with Crippen LogP contribution in [0.5, 0.6) is 0 Å². The number of rotatable bonds is 8. The minimum absolute atomic E-state index is 0.0335. The predicted octanol–water partition coefficient (Wildman–Crippen LogP) is 1.67. The number of urea groups is 1. The summed E-state index contributed by atoms with van der Waals surface area (Å²) in [5.74, 6) is -0.414. The van der Waals surface area contributed by atoms with E-state index >= 15 is 0 Å². The average molecular weight is 543 g/mol. The highest BCUT2D eigenvalue weighted by atomic mass is 16.7. The van der Waals surface area contributed by atoms with Gasteiger partial charge in [-0.3, -0.25) is 14.5 Å². The highest BCUT2D eigenvalue weighted by molar-refractivity contribution is 5.88. The van der Waals surface area contributed by atoms with Crippen molar-refractivity contribution >= 4 is 18.0 Å². The van der Waals surface area contributed by atoms with Gasteiger partial charge in [-0.25, -0.2) is 15.1 Å². The van der Waals surface area contributed by atoms with Crippen molar-refractivity contribution in [2.75, 3.05) is 19.7 Å². The first-order valence-corrected chi connectivity index (χ1v) is 13.1. The smallest absolute Gasteiger partial charge is 0.410 e. The normalized spacial score (nSPS) is 24.8. The number of carbonyl (C=O) groups excluding carboxylic acids is 3. The third kappa shape index (κ3) is 6.11. The zero-order valence-electron chi connectivity index (χ0n) is 22.3. The lowest BCUT2D eigenvalue weighted by Gasteiger charge is -2.30. The van der Waals surface area contributed by atoms with E-state index in [0.717, 1.165) is 5.56 Å². The zero-order chi connectivity index (χ0) is 27.6. The van der Waals surface area contributed by atoms with Gasteiger partial charge in [0.25, 0.3) is 5.91 Å². The molecule has 39 heavy (non-hydrogen) atoms. The summed E-state index contributed by atoms with van der Waals surface area (Å²) in [4.78, 5) is 54.8. The van der Waals surface area contributed by atoms with Crippen LogP contribution in [0.2, 0.25) is 0 Å². The van der Waals surface area contributed by atoms with Crippen molar-refractivity contribution < 1.29 is 28.8 Å². The van der Waals surface area contributed by atoms with Crippen molar-refractivity contribution in [1.29, 1.82) is 0 Å². The number of hydroxylamine groups is 3. The lowest BCUT2D eigenvalue weighted by Crippen LogP contribution is -2.50. The van der Waals surface area contributed by atoms with Gasteiger partial charge in [0.1, 0.15) is 18.2 Å². The van der Waals surface area contributed by atoms with Crippen LogP contribution < -0.4 is 5.48 Å². The molecule has 4 heterocycles. The van der Waals surface area contributed by atoms with Gasteiger partial charge >= 0.3 is 12.1 Å². The van der Waals surface area contributed by atoms with Crippen LogP contribution >= 0.6 is 0 Å². The number of likely N-dealkylation sites (tertiary alicyclic amines) is 1. The molecule has 2 bridgehead atoms. The molecule has 3 aliphatic rings. The second-order valence-electron chi connectivity index (χ2n) is 11.0. The molecular weight excluding hydrogens is 508 g/mol. The van der Waals surface area contributed by atoms with E-state index in [1.807, 2.05) is 30.3 Å². The number of nitrogens with one attached hydrogen (secondary N) is 1. The maximum Gasteiger partial charge on any atom is 0.410 e. The lowest BCUT2D eigenvalue weighted by molar-refractivity contribution is -0.141. The molecule has 14 heteroatoms. The molecule has 3 saturated heterocycles. The topological polar surface area (TPSA) is 144 Å². The Labute approximate surface area is 226 Å². The number of piperidine rings is 1. The molecule has 0 aliphatic carbocycles. The van der Waals surface area contributed by atoms with E-state index in [2.05, 4.69) is 20.9 Å². The largest absolute Gasteiger partial charge is 0.444 e. The number of hydrogen-bond acceptors (Lipinski definition) is 9. The lowest BCUT2D eigenvalue weighted by atomic mass is 10.0. The first-order valence-electron chi connectivity index (χ1n) is 13.1. The van der Waals surface area contributed by atoms with Crippen LogP contribution in [0.15, 0.2) is 36.7 Å². The van der Waals surface area contributed by atoms with E-state index in [-0.39, 0.29) is 37.4 Å². The second-order valence-corrected chi connectivity index (χ2v) is 11.0. The Kier molecular flexibility index (Phi) is 7.66. The number of ether oxygens (including phenoxy) is 1. The Morgan fingerprint density at radius 1 is 1.10 bits per heavy atom. The van der Waals surface area contributed by atoms with Crippen LogP contribution in [0.25, 0.3) is 0 Å². The molecule has 4 atom stereocenters. The second kappa shape index (κ2) is 11.1. The van der Waals surface area contributed by atoms with Crippen molar-refractivity contribution in [3.8, 4) is 0 Å². The minimum atomic E-state index is -0.670. The average Bonchev–Trinajstić information content (AvgIpc) is 3.63.